The Balaban J connectivity index is 3.60. The van der Waals surface area contributed by atoms with Crippen LogP contribution in [0.1, 0.15) is 194 Å². The highest BCUT2D eigenvalue weighted by Gasteiger charge is 2.16. The van der Waals surface area contributed by atoms with Crippen molar-refractivity contribution in [1.29, 1.82) is 0 Å². The third kappa shape index (κ3) is 36.7. The molecule has 1 atom stereocenters. The van der Waals surface area contributed by atoms with E-state index in [1.807, 2.05) is 0 Å². The van der Waals surface area contributed by atoms with Gasteiger partial charge in [0.05, 0.1) is 6.61 Å². The Morgan fingerprint density at radius 2 is 0.833 bits per heavy atom. The molecule has 1 unspecified atom stereocenters. The van der Waals surface area contributed by atoms with Crippen LogP contribution in [0.4, 0.5) is 0 Å². The first kappa shape index (κ1) is 45.9. The normalized spacial score (nSPS) is 12.6. The summed E-state index contributed by atoms with van der Waals surface area (Å²) in [7, 11) is 0. The first-order valence-corrected chi connectivity index (χ1v) is 20.2. The van der Waals surface area contributed by atoms with Crippen LogP contribution in [0.25, 0.3) is 0 Å². The number of carbonyl (C=O) groups excluding carboxylic acids is 2. The molecule has 278 valence electrons. The average Bonchev–Trinajstić information content (AvgIpc) is 3.09. The second kappa shape index (κ2) is 39.3. The predicted molar refractivity (Wildman–Crippen MR) is 205 cm³/mol. The summed E-state index contributed by atoms with van der Waals surface area (Å²) in [5.41, 5.74) is 0. The molecule has 0 aliphatic carbocycles. The molecule has 5 nitrogen and oxygen atoms in total. The largest absolute Gasteiger partial charge is 0.462 e. The van der Waals surface area contributed by atoms with Crippen LogP contribution >= 0.6 is 0 Å². The molecule has 0 aliphatic heterocycles. The first-order valence-electron chi connectivity index (χ1n) is 20.2. The maximum absolute atomic E-state index is 12.2. The van der Waals surface area contributed by atoms with Gasteiger partial charge in [-0.05, 0) is 77.0 Å². The number of hydrogen-bond donors (Lipinski definition) is 1. The van der Waals surface area contributed by atoms with Gasteiger partial charge in [0.1, 0.15) is 6.61 Å². The summed E-state index contributed by atoms with van der Waals surface area (Å²) in [5, 5.41) is 9.55. The Hall–Kier alpha value is -2.14. The van der Waals surface area contributed by atoms with Crippen LogP contribution < -0.4 is 0 Å². The van der Waals surface area contributed by atoms with E-state index in [-0.39, 0.29) is 25.2 Å². The highest BCUT2D eigenvalue weighted by molar-refractivity contribution is 5.70. The van der Waals surface area contributed by atoms with Gasteiger partial charge in [0.15, 0.2) is 6.10 Å². The zero-order chi connectivity index (χ0) is 35.0. The van der Waals surface area contributed by atoms with Crippen molar-refractivity contribution < 1.29 is 24.2 Å². The van der Waals surface area contributed by atoms with Crippen molar-refractivity contribution in [3.05, 3.63) is 48.6 Å². The van der Waals surface area contributed by atoms with Crippen molar-refractivity contribution >= 4 is 11.9 Å². The summed E-state index contributed by atoms with van der Waals surface area (Å²) in [4.78, 5) is 24.2. The van der Waals surface area contributed by atoms with Crippen LogP contribution in [0.15, 0.2) is 48.6 Å². The van der Waals surface area contributed by atoms with Crippen molar-refractivity contribution in [2.45, 2.75) is 200 Å². The second-order valence-corrected chi connectivity index (χ2v) is 13.4. The van der Waals surface area contributed by atoms with E-state index in [1.54, 1.807) is 0 Å². The van der Waals surface area contributed by atoms with Crippen LogP contribution in [0.3, 0.4) is 0 Å². The number of esters is 2. The van der Waals surface area contributed by atoms with Crippen molar-refractivity contribution in [1.82, 2.24) is 0 Å². The van der Waals surface area contributed by atoms with E-state index in [4.69, 9.17) is 9.47 Å². The maximum atomic E-state index is 12.2. The predicted octanol–water partition coefficient (Wildman–Crippen LogP) is 12.6. The van der Waals surface area contributed by atoms with Crippen molar-refractivity contribution in [3.8, 4) is 0 Å². The third-order valence-electron chi connectivity index (χ3n) is 8.60. The van der Waals surface area contributed by atoms with Crippen LogP contribution in [0, 0.1) is 0 Å². The van der Waals surface area contributed by atoms with Gasteiger partial charge >= 0.3 is 11.9 Å². The van der Waals surface area contributed by atoms with E-state index in [0.29, 0.717) is 12.8 Å². The minimum Gasteiger partial charge on any atom is -0.462 e. The van der Waals surface area contributed by atoms with E-state index in [1.165, 1.54) is 116 Å². The van der Waals surface area contributed by atoms with Crippen LogP contribution in [-0.4, -0.2) is 36.4 Å². The fraction of sp³-hybridized carbons (Fsp3) is 0.767. The summed E-state index contributed by atoms with van der Waals surface area (Å²) in [5.74, 6) is -0.638. The standard InChI is InChI=1S/C43H76O5/c1-3-5-7-9-11-13-15-17-19-20-21-22-24-26-28-30-32-34-36-38-43(46)48-41(39-44)40-47-42(45)37-35-33-31-29-27-25-23-18-16-14-12-10-8-6-4-2/h12,14,17-19,23,27,29,41,44H,3-11,13,15-16,20-22,24-26,28,30-40H2,1-2H3. The average molecular weight is 673 g/mol. The summed E-state index contributed by atoms with van der Waals surface area (Å²) in [6.07, 6.45) is 48.9. The highest BCUT2D eigenvalue weighted by atomic mass is 16.6. The molecule has 0 spiro atoms. The van der Waals surface area contributed by atoms with Gasteiger partial charge in [-0.2, -0.15) is 0 Å². The molecule has 0 aromatic heterocycles. The zero-order valence-electron chi connectivity index (χ0n) is 31.5. The molecule has 0 fully saturated rings. The van der Waals surface area contributed by atoms with Gasteiger partial charge in [0.25, 0.3) is 0 Å². The molecule has 0 aromatic carbocycles. The summed E-state index contributed by atoms with van der Waals surface area (Å²) < 4.78 is 10.6. The first-order chi connectivity index (χ1) is 23.6. The Labute approximate surface area is 297 Å². The van der Waals surface area contributed by atoms with Gasteiger partial charge in [0, 0.05) is 12.8 Å². The minimum absolute atomic E-state index is 0.0866. The molecule has 0 heterocycles. The number of aliphatic hydroxyl groups excluding tert-OH is 1. The Kier molecular flexibility index (Phi) is 37.5. The van der Waals surface area contributed by atoms with Crippen molar-refractivity contribution in [2.75, 3.05) is 13.2 Å². The molecule has 0 radical (unpaired) electrons. The smallest absolute Gasteiger partial charge is 0.306 e. The highest BCUT2D eigenvalue weighted by Crippen LogP contribution is 2.13. The summed E-state index contributed by atoms with van der Waals surface area (Å²) >= 11 is 0. The lowest BCUT2D eigenvalue weighted by molar-refractivity contribution is -0.161. The summed E-state index contributed by atoms with van der Waals surface area (Å²) in [6, 6.07) is 0. The van der Waals surface area contributed by atoms with Gasteiger partial charge in [-0.15, -0.1) is 0 Å². The number of allylic oxidation sites excluding steroid dienone is 8. The molecule has 48 heavy (non-hydrogen) atoms. The fourth-order valence-corrected chi connectivity index (χ4v) is 5.50. The topological polar surface area (TPSA) is 72.8 Å². The van der Waals surface area contributed by atoms with Gasteiger partial charge in [-0.1, -0.05) is 152 Å². The zero-order valence-corrected chi connectivity index (χ0v) is 31.5. The molecular weight excluding hydrogens is 596 g/mol. The lowest BCUT2D eigenvalue weighted by atomic mass is 10.1. The minimum atomic E-state index is -0.787. The molecule has 5 heteroatoms. The molecule has 0 rings (SSSR count). The third-order valence-corrected chi connectivity index (χ3v) is 8.60. The summed E-state index contributed by atoms with van der Waals surface area (Å²) in [6.45, 7) is 4.07. The van der Waals surface area contributed by atoms with Crippen molar-refractivity contribution in [2.24, 2.45) is 0 Å². The monoisotopic (exact) mass is 673 g/mol. The maximum Gasteiger partial charge on any atom is 0.306 e. The van der Waals surface area contributed by atoms with E-state index < -0.39 is 6.10 Å². The quantitative estimate of drug-likeness (QED) is 0.0407. The number of aliphatic hydroxyl groups is 1. The molecular formula is C43H76O5. The molecule has 0 saturated heterocycles. The lowest BCUT2D eigenvalue weighted by Crippen LogP contribution is -2.28. The fourth-order valence-electron chi connectivity index (χ4n) is 5.50. The number of ether oxygens (including phenoxy) is 2. The Morgan fingerprint density at radius 3 is 1.35 bits per heavy atom. The SMILES string of the molecule is CCCCCC=CCC=CCC=CCCCCC(=O)OCC(CO)OC(=O)CCCCCCCCCCCC=CCCCCCCCC. The van der Waals surface area contributed by atoms with E-state index >= 15 is 0 Å². The van der Waals surface area contributed by atoms with E-state index in [0.717, 1.165) is 51.4 Å². The van der Waals surface area contributed by atoms with E-state index in [2.05, 4.69) is 62.5 Å². The number of unbranched alkanes of at least 4 members (excludes halogenated alkanes) is 20. The molecule has 0 aromatic rings. The van der Waals surface area contributed by atoms with Crippen LogP contribution in [-0.2, 0) is 19.1 Å². The van der Waals surface area contributed by atoms with E-state index in [9.17, 15) is 14.7 Å². The Morgan fingerprint density at radius 1 is 0.479 bits per heavy atom. The molecule has 1 N–H and O–H groups in total. The van der Waals surface area contributed by atoms with Gasteiger partial charge in [-0.25, -0.2) is 0 Å². The van der Waals surface area contributed by atoms with Crippen molar-refractivity contribution in [3.63, 3.8) is 0 Å². The number of hydrogen-bond acceptors (Lipinski definition) is 5. The number of rotatable bonds is 36. The molecule has 0 saturated carbocycles. The van der Waals surface area contributed by atoms with Gasteiger partial charge in [-0.3, -0.25) is 9.59 Å². The molecule has 0 amide bonds. The number of carbonyl (C=O) groups is 2. The Bertz CT molecular complexity index is 812. The van der Waals surface area contributed by atoms with Gasteiger partial charge in [0.2, 0.25) is 0 Å². The second-order valence-electron chi connectivity index (χ2n) is 13.4. The van der Waals surface area contributed by atoms with Crippen LogP contribution in [0.5, 0.6) is 0 Å². The van der Waals surface area contributed by atoms with Crippen LogP contribution in [0.2, 0.25) is 0 Å². The van der Waals surface area contributed by atoms with Gasteiger partial charge < -0.3 is 14.6 Å². The molecule has 0 aliphatic rings. The molecule has 0 bridgehead atoms. The lowest BCUT2D eigenvalue weighted by Gasteiger charge is -2.15.